The normalized spacial score (nSPS) is 18.7. The highest BCUT2D eigenvalue weighted by Crippen LogP contribution is 2.40. The van der Waals surface area contributed by atoms with E-state index in [4.69, 9.17) is 5.11 Å². The molecule has 132 valence electrons. The molecule has 0 saturated heterocycles. The summed E-state index contributed by atoms with van der Waals surface area (Å²) >= 11 is 1.31. The van der Waals surface area contributed by atoms with Crippen LogP contribution in [-0.2, 0) is 9.59 Å². The van der Waals surface area contributed by atoms with Crippen molar-refractivity contribution in [2.24, 2.45) is 11.8 Å². The van der Waals surface area contributed by atoms with Crippen molar-refractivity contribution < 1.29 is 19.1 Å². The lowest BCUT2D eigenvalue weighted by atomic mass is 10.00. The Labute approximate surface area is 152 Å². The van der Waals surface area contributed by atoms with E-state index in [1.54, 1.807) is 12.1 Å². The Morgan fingerprint density at radius 2 is 2.08 bits per heavy atom. The zero-order valence-corrected chi connectivity index (χ0v) is 14.6. The van der Waals surface area contributed by atoms with Crippen LogP contribution in [0.3, 0.4) is 0 Å². The molecule has 1 fully saturated rings. The number of aromatic nitrogens is 1. The fraction of sp³-hybridized carbons (Fsp3) is 0.211. The van der Waals surface area contributed by atoms with Gasteiger partial charge in [0.15, 0.2) is 5.13 Å². The molecule has 1 aromatic heterocycles. The highest BCUT2D eigenvalue weighted by atomic mass is 32.1. The fourth-order valence-corrected chi connectivity index (χ4v) is 3.94. The molecule has 0 radical (unpaired) electrons. The highest BCUT2D eigenvalue weighted by Gasteiger charge is 2.48. The van der Waals surface area contributed by atoms with Gasteiger partial charge in [-0.15, -0.1) is 0 Å². The van der Waals surface area contributed by atoms with Crippen molar-refractivity contribution in [3.05, 3.63) is 47.8 Å². The number of hydrogen-bond acceptors (Lipinski definition) is 4. The van der Waals surface area contributed by atoms with Gasteiger partial charge in [-0.1, -0.05) is 29.5 Å². The lowest BCUT2D eigenvalue weighted by Gasteiger charge is -2.07. The average Bonchev–Trinajstić information content (AvgIpc) is 3.30. The number of benzene rings is 2. The number of nitrogens with one attached hydrogen (secondary N) is 1. The smallest absolute Gasteiger partial charge is 0.307 e. The number of anilines is 1. The second-order valence-electron chi connectivity index (χ2n) is 6.41. The van der Waals surface area contributed by atoms with Crippen LogP contribution >= 0.6 is 11.3 Å². The van der Waals surface area contributed by atoms with Gasteiger partial charge in [0.05, 0.1) is 22.1 Å². The van der Waals surface area contributed by atoms with Gasteiger partial charge in [0.2, 0.25) is 5.91 Å². The van der Waals surface area contributed by atoms with Crippen LogP contribution in [0.1, 0.15) is 12.0 Å². The third kappa shape index (κ3) is 2.94. The van der Waals surface area contributed by atoms with E-state index in [-0.39, 0.29) is 11.7 Å². The second kappa shape index (κ2) is 6.17. The van der Waals surface area contributed by atoms with Crippen LogP contribution in [-0.4, -0.2) is 22.0 Å². The van der Waals surface area contributed by atoms with Gasteiger partial charge < -0.3 is 10.4 Å². The SMILES string of the molecule is Cc1cccc(F)c1-c1ccc2sc(NC(=O)[C@H]3C[C@H]3C(=O)O)nc2c1. The molecule has 1 saturated carbocycles. The minimum atomic E-state index is -0.945. The van der Waals surface area contributed by atoms with Crippen LogP contribution in [0.15, 0.2) is 36.4 Å². The second-order valence-corrected chi connectivity index (χ2v) is 7.44. The number of halogens is 1. The number of hydrogen-bond donors (Lipinski definition) is 2. The Balaban J connectivity index is 1.61. The first-order chi connectivity index (χ1) is 12.4. The summed E-state index contributed by atoms with van der Waals surface area (Å²) in [5.74, 6) is -2.64. The quantitative estimate of drug-likeness (QED) is 0.726. The fourth-order valence-electron chi connectivity index (χ4n) is 3.09. The molecule has 0 spiro atoms. The molecule has 1 amide bonds. The molecule has 2 atom stereocenters. The summed E-state index contributed by atoms with van der Waals surface area (Å²) in [6.45, 7) is 1.85. The van der Waals surface area contributed by atoms with Crippen molar-refractivity contribution in [2.75, 3.05) is 5.32 Å². The monoisotopic (exact) mass is 370 g/mol. The van der Waals surface area contributed by atoms with Crippen molar-refractivity contribution in [1.29, 1.82) is 0 Å². The number of thiazole rings is 1. The molecule has 4 rings (SSSR count). The maximum atomic E-state index is 14.2. The molecular formula is C19H15FN2O3S. The highest BCUT2D eigenvalue weighted by molar-refractivity contribution is 7.22. The first-order valence-electron chi connectivity index (χ1n) is 8.14. The van der Waals surface area contributed by atoms with Crippen molar-refractivity contribution >= 4 is 38.6 Å². The zero-order valence-electron chi connectivity index (χ0n) is 13.8. The molecule has 0 bridgehead atoms. The van der Waals surface area contributed by atoms with Gasteiger partial charge in [-0.2, -0.15) is 0 Å². The predicted octanol–water partition coefficient (Wildman–Crippen LogP) is 4.07. The number of aliphatic carboxylic acids is 1. The Kier molecular flexibility index (Phi) is 3.96. The molecule has 2 aromatic carbocycles. The molecular weight excluding hydrogens is 355 g/mol. The van der Waals surface area contributed by atoms with Crippen molar-refractivity contribution in [2.45, 2.75) is 13.3 Å². The van der Waals surface area contributed by atoms with E-state index in [9.17, 15) is 14.0 Å². The summed E-state index contributed by atoms with van der Waals surface area (Å²) < 4.78 is 15.1. The number of rotatable bonds is 4. The van der Waals surface area contributed by atoms with E-state index in [0.717, 1.165) is 15.8 Å². The number of carboxylic acid groups (broad SMARTS) is 1. The van der Waals surface area contributed by atoms with Crippen LogP contribution in [0.25, 0.3) is 21.3 Å². The topological polar surface area (TPSA) is 79.3 Å². The molecule has 2 N–H and O–H groups in total. The van der Waals surface area contributed by atoms with E-state index < -0.39 is 17.8 Å². The number of carbonyl (C=O) groups is 2. The minimum absolute atomic E-state index is 0.290. The molecule has 0 aliphatic heterocycles. The van der Waals surface area contributed by atoms with E-state index in [1.165, 1.54) is 17.4 Å². The first kappa shape index (κ1) is 16.7. The molecule has 1 heterocycles. The molecule has 0 unspecified atom stereocenters. The van der Waals surface area contributed by atoms with Gasteiger partial charge in [-0.25, -0.2) is 9.37 Å². The Morgan fingerprint density at radius 1 is 1.27 bits per heavy atom. The summed E-state index contributed by atoms with van der Waals surface area (Å²) in [7, 11) is 0. The van der Waals surface area contributed by atoms with Gasteiger partial charge in [0.25, 0.3) is 0 Å². The minimum Gasteiger partial charge on any atom is -0.481 e. The summed E-state index contributed by atoms with van der Waals surface area (Å²) in [4.78, 5) is 27.4. The summed E-state index contributed by atoms with van der Waals surface area (Å²) in [6.07, 6.45) is 0.364. The number of carbonyl (C=O) groups excluding carboxylic acids is 1. The number of fused-ring (bicyclic) bond motifs is 1. The lowest BCUT2D eigenvalue weighted by Crippen LogP contribution is -2.16. The number of nitrogens with zero attached hydrogens (tertiary/aromatic N) is 1. The van der Waals surface area contributed by atoms with E-state index in [1.807, 2.05) is 25.1 Å². The summed E-state index contributed by atoms with van der Waals surface area (Å²) in [5, 5.41) is 12.0. The number of carboxylic acids is 1. The molecule has 3 aromatic rings. The standard InChI is InChI=1S/C19H15FN2O3S/c1-9-3-2-4-13(20)16(9)10-5-6-15-14(7-10)21-19(26-15)22-17(23)11-8-12(11)18(24)25/h2-7,11-12H,8H2,1H3,(H,24,25)(H,21,22,23)/t11-,12+/m0/s1. The Morgan fingerprint density at radius 3 is 2.77 bits per heavy atom. The first-order valence-corrected chi connectivity index (χ1v) is 8.95. The van der Waals surface area contributed by atoms with Gasteiger partial charge in [-0.3, -0.25) is 9.59 Å². The van der Waals surface area contributed by atoms with Gasteiger partial charge >= 0.3 is 5.97 Å². The van der Waals surface area contributed by atoms with Crippen LogP contribution in [0.5, 0.6) is 0 Å². The van der Waals surface area contributed by atoms with Crippen molar-refractivity contribution in [1.82, 2.24) is 4.98 Å². The van der Waals surface area contributed by atoms with Gasteiger partial charge in [-0.05, 0) is 42.7 Å². The van der Waals surface area contributed by atoms with Crippen LogP contribution in [0.4, 0.5) is 9.52 Å². The molecule has 5 nitrogen and oxygen atoms in total. The van der Waals surface area contributed by atoms with Crippen molar-refractivity contribution in [3.8, 4) is 11.1 Å². The lowest BCUT2D eigenvalue weighted by molar-refractivity contribution is -0.139. The Bertz CT molecular complexity index is 1030. The number of aryl methyl sites for hydroxylation is 1. The van der Waals surface area contributed by atoms with E-state index in [0.29, 0.717) is 22.6 Å². The zero-order chi connectivity index (χ0) is 18.4. The predicted molar refractivity (Wildman–Crippen MR) is 97.6 cm³/mol. The largest absolute Gasteiger partial charge is 0.481 e. The summed E-state index contributed by atoms with van der Waals surface area (Å²) in [5.41, 5.74) is 2.76. The molecule has 26 heavy (non-hydrogen) atoms. The maximum absolute atomic E-state index is 14.2. The van der Waals surface area contributed by atoms with Crippen LogP contribution < -0.4 is 5.32 Å². The average molecular weight is 370 g/mol. The maximum Gasteiger partial charge on any atom is 0.307 e. The van der Waals surface area contributed by atoms with E-state index in [2.05, 4.69) is 10.3 Å². The third-order valence-electron chi connectivity index (χ3n) is 4.57. The summed E-state index contributed by atoms with van der Waals surface area (Å²) in [6, 6.07) is 10.4. The van der Waals surface area contributed by atoms with E-state index >= 15 is 0 Å². The Hall–Kier alpha value is -2.80. The number of amides is 1. The molecule has 1 aliphatic carbocycles. The molecule has 1 aliphatic rings. The molecule has 7 heteroatoms. The van der Waals surface area contributed by atoms with Crippen LogP contribution in [0.2, 0.25) is 0 Å². The van der Waals surface area contributed by atoms with Crippen molar-refractivity contribution in [3.63, 3.8) is 0 Å². The third-order valence-corrected chi connectivity index (χ3v) is 5.52. The van der Waals surface area contributed by atoms with Crippen LogP contribution in [0, 0.1) is 24.6 Å². The van der Waals surface area contributed by atoms with Gasteiger partial charge in [0.1, 0.15) is 5.82 Å². The van der Waals surface area contributed by atoms with Gasteiger partial charge in [0, 0.05) is 5.56 Å².